The van der Waals surface area contributed by atoms with Gasteiger partial charge in [0.1, 0.15) is 11.6 Å². The molecule has 0 atom stereocenters. The lowest BCUT2D eigenvalue weighted by molar-refractivity contribution is -0.384. The SMILES string of the molecule is C=CCCOCCNc1nccc(C#N)c1[N+](=O)[O-]. The van der Waals surface area contributed by atoms with Gasteiger partial charge in [0.05, 0.1) is 18.1 Å². The molecule has 0 aliphatic carbocycles. The number of nitro groups is 1. The summed E-state index contributed by atoms with van der Waals surface area (Å²) in [5.41, 5.74) is -0.328. The highest BCUT2D eigenvalue weighted by molar-refractivity contribution is 5.63. The number of hydrogen-bond donors (Lipinski definition) is 1. The van der Waals surface area contributed by atoms with Gasteiger partial charge in [-0.05, 0) is 12.5 Å². The summed E-state index contributed by atoms with van der Waals surface area (Å²) in [4.78, 5) is 14.2. The van der Waals surface area contributed by atoms with E-state index < -0.39 is 4.92 Å². The molecule has 0 saturated carbocycles. The van der Waals surface area contributed by atoms with Gasteiger partial charge < -0.3 is 10.1 Å². The van der Waals surface area contributed by atoms with Crippen molar-refractivity contribution in [2.75, 3.05) is 25.1 Å². The number of nitriles is 1. The van der Waals surface area contributed by atoms with E-state index in [0.717, 1.165) is 6.42 Å². The summed E-state index contributed by atoms with van der Waals surface area (Å²) >= 11 is 0. The zero-order valence-corrected chi connectivity index (χ0v) is 10.3. The molecule has 1 N–H and O–H groups in total. The van der Waals surface area contributed by atoms with E-state index in [1.165, 1.54) is 12.3 Å². The molecule has 19 heavy (non-hydrogen) atoms. The van der Waals surface area contributed by atoms with Crippen LogP contribution in [0.5, 0.6) is 0 Å². The monoisotopic (exact) mass is 262 g/mol. The number of aromatic nitrogens is 1. The van der Waals surface area contributed by atoms with Gasteiger partial charge in [0.25, 0.3) is 0 Å². The van der Waals surface area contributed by atoms with Crippen molar-refractivity contribution in [3.63, 3.8) is 0 Å². The Morgan fingerprint density at radius 3 is 3.05 bits per heavy atom. The van der Waals surface area contributed by atoms with Crippen molar-refractivity contribution in [1.82, 2.24) is 4.98 Å². The van der Waals surface area contributed by atoms with Crippen molar-refractivity contribution in [2.24, 2.45) is 0 Å². The minimum Gasteiger partial charge on any atom is -0.379 e. The minimum absolute atomic E-state index is 0.0184. The van der Waals surface area contributed by atoms with Gasteiger partial charge in [-0.1, -0.05) is 6.08 Å². The summed E-state index contributed by atoms with van der Waals surface area (Å²) in [5.74, 6) is 0.0800. The van der Waals surface area contributed by atoms with Crippen molar-refractivity contribution in [1.29, 1.82) is 5.26 Å². The lowest BCUT2D eigenvalue weighted by atomic mass is 10.2. The van der Waals surface area contributed by atoms with Gasteiger partial charge in [-0.25, -0.2) is 4.98 Å². The van der Waals surface area contributed by atoms with E-state index in [4.69, 9.17) is 10.00 Å². The number of nitrogens with zero attached hydrogens (tertiary/aromatic N) is 3. The largest absolute Gasteiger partial charge is 0.379 e. The number of pyridine rings is 1. The van der Waals surface area contributed by atoms with Crippen LogP contribution in [-0.4, -0.2) is 29.7 Å². The summed E-state index contributed by atoms with van der Waals surface area (Å²) in [6, 6.07) is 3.08. The van der Waals surface area contributed by atoms with Gasteiger partial charge in [-0.3, -0.25) is 10.1 Å². The van der Waals surface area contributed by atoms with E-state index in [1.54, 1.807) is 12.1 Å². The van der Waals surface area contributed by atoms with Crippen LogP contribution in [0.2, 0.25) is 0 Å². The fraction of sp³-hybridized carbons (Fsp3) is 0.333. The Morgan fingerprint density at radius 1 is 1.63 bits per heavy atom. The molecule has 0 saturated heterocycles. The molecule has 0 unspecified atom stereocenters. The second kappa shape index (κ2) is 7.79. The van der Waals surface area contributed by atoms with Crippen LogP contribution in [0.1, 0.15) is 12.0 Å². The van der Waals surface area contributed by atoms with Crippen LogP contribution in [-0.2, 0) is 4.74 Å². The minimum atomic E-state index is -0.619. The molecular formula is C12H14N4O3. The Hall–Kier alpha value is -2.46. The Labute approximate surface area is 110 Å². The number of rotatable bonds is 8. The summed E-state index contributed by atoms with van der Waals surface area (Å²) in [6.07, 6.45) is 3.85. The van der Waals surface area contributed by atoms with Gasteiger partial charge in [0, 0.05) is 12.7 Å². The summed E-state index contributed by atoms with van der Waals surface area (Å²) in [5, 5.41) is 22.5. The van der Waals surface area contributed by atoms with E-state index >= 15 is 0 Å². The van der Waals surface area contributed by atoms with Gasteiger partial charge >= 0.3 is 5.69 Å². The first-order valence-electron chi connectivity index (χ1n) is 5.66. The molecule has 0 radical (unpaired) electrons. The molecule has 0 aromatic carbocycles. The normalized spacial score (nSPS) is 9.63. The van der Waals surface area contributed by atoms with Gasteiger partial charge in [0.15, 0.2) is 0 Å². The second-order valence-corrected chi connectivity index (χ2v) is 3.54. The highest BCUT2D eigenvalue weighted by atomic mass is 16.6. The van der Waals surface area contributed by atoms with Crippen LogP contribution in [0.4, 0.5) is 11.5 Å². The van der Waals surface area contributed by atoms with Crippen LogP contribution in [0.25, 0.3) is 0 Å². The molecule has 0 fully saturated rings. The molecule has 1 aromatic heterocycles. The third kappa shape index (κ3) is 4.37. The number of anilines is 1. The van der Waals surface area contributed by atoms with E-state index in [2.05, 4.69) is 16.9 Å². The topological polar surface area (TPSA) is 101 Å². The smallest absolute Gasteiger partial charge is 0.328 e. The first kappa shape index (κ1) is 14.6. The molecule has 1 rings (SSSR count). The molecule has 1 aromatic rings. The molecule has 7 heteroatoms. The zero-order chi connectivity index (χ0) is 14.1. The molecule has 0 aliphatic rings. The fourth-order valence-corrected chi connectivity index (χ4v) is 1.37. The third-order valence-electron chi connectivity index (χ3n) is 2.23. The van der Waals surface area contributed by atoms with Crippen molar-refractivity contribution in [2.45, 2.75) is 6.42 Å². The quantitative estimate of drug-likeness (QED) is 0.332. The molecule has 0 aliphatic heterocycles. The zero-order valence-electron chi connectivity index (χ0n) is 10.3. The lowest BCUT2D eigenvalue weighted by Crippen LogP contribution is -2.12. The fourth-order valence-electron chi connectivity index (χ4n) is 1.37. The molecule has 0 bridgehead atoms. The Kier molecular flexibility index (Phi) is 5.98. The number of hydrogen-bond acceptors (Lipinski definition) is 6. The Balaban J connectivity index is 2.61. The molecular weight excluding hydrogens is 248 g/mol. The average Bonchev–Trinajstić information content (AvgIpc) is 2.42. The highest BCUT2D eigenvalue weighted by Crippen LogP contribution is 2.25. The Morgan fingerprint density at radius 2 is 2.42 bits per heavy atom. The van der Waals surface area contributed by atoms with E-state index in [1.807, 2.05) is 0 Å². The van der Waals surface area contributed by atoms with Crippen molar-refractivity contribution in [3.8, 4) is 6.07 Å². The Bertz CT molecular complexity index is 496. The first-order valence-corrected chi connectivity index (χ1v) is 5.66. The molecule has 100 valence electrons. The lowest BCUT2D eigenvalue weighted by Gasteiger charge is -2.07. The van der Waals surface area contributed by atoms with Gasteiger partial charge in [0.2, 0.25) is 5.82 Å². The molecule has 1 heterocycles. The molecule has 0 amide bonds. The average molecular weight is 262 g/mol. The summed E-state index contributed by atoms with van der Waals surface area (Å²) in [6.45, 7) is 4.89. The molecule has 7 nitrogen and oxygen atoms in total. The van der Waals surface area contributed by atoms with Crippen molar-refractivity contribution in [3.05, 3.63) is 40.6 Å². The maximum absolute atomic E-state index is 10.9. The van der Waals surface area contributed by atoms with E-state index in [-0.39, 0.29) is 17.1 Å². The van der Waals surface area contributed by atoms with Crippen molar-refractivity contribution >= 4 is 11.5 Å². The van der Waals surface area contributed by atoms with Crippen molar-refractivity contribution < 1.29 is 9.66 Å². The first-order chi connectivity index (χ1) is 9.20. The van der Waals surface area contributed by atoms with Crippen LogP contribution >= 0.6 is 0 Å². The molecule has 0 spiro atoms. The predicted molar refractivity (Wildman–Crippen MR) is 69.7 cm³/mol. The van der Waals surface area contributed by atoms with E-state index in [0.29, 0.717) is 19.8 Å². The van der Waals surface area contributed by atoms with Gasteiger partial charge in [-0.2, -0.15) is 5.26 Å². The number of ether oxygens (including phenoxy) is 1. The van der Waals surface area contributed by atoms with Gasteiger partial charge in [-0.15, -0.1) is 6.58 Å². The maximum Gasteiger partial charge on any atom is 0.328 e. The summed E-state index contributed by atoms with van der Waals surface area (Å²) < 4.78 is 5.26. The van der Waals surface area contributed by atoms with Crippen LogP contribution < -0.4 is 5.32 Å². The van der Waals surface area contributed by atoms with Crippen LogP contribution in [0, 0.1) is 21.4 Å². The maximum atomic E-state index is 10.9. The summed E-state index contributed by atoms with van der Waals surface area (Å²) in [7, 11) is 0. The number of nitrogens with one attached hydrogen (secondary N) is 1. The standard InChI is InChI=1S/C12H14N4O3/c1-2-3-7-19-8-6-15-12-11(16(17)18)10(9-13)4-5-14-12/h2,4-5H,1,3,6-8H2,(H,14,15). The second-order valence-electron chi connectivity index (χ2n) is 3.54. The van der Waals surface area contributed by atoms with Crippen LogP contribution in [0.3, 0.4) is 0 Å². The third-order valence-corrected chi connectivity index (χ3v) is 2.23. The van der Waals surface area contributed by atoms with E-state index in [9.17, 15) is 10.1 Å². The highest BCUT2D eigenvalue weighted by Gasteiger charge is 2.20. The predicted octanol–water partition coefficient (Wildman–Crippen LogP) is 1.87. The van der Waals surface area contributed by atoms with Crippen LogP contribution in [0.15, 0.2) is 24.9 Å².